The number of thiophene rings is 1. The lowest BCUT2D eigenvalue weighted by molar-refractivity contribution is 0.285. The molecule has 1 atom stereocenters. The summed E-state index contributed by atoms with van der Waals surface area (Å²) in [6.07, 6.45) is 3.12. The molecule has 0 saturated heterocycles. The monoisotopic (exact) mass is 371 g/mol. The molecule has 4 rings (SSSR count). The normalized spacial score (nSPS) is 16.5. The quantitative estimate of drug-likeness (QED) is 0.690. The molecule has 0 fully saturated rings. The molecule has 2 heterocycles. The summed E-state index contributed by atoms with van der Waals surface area (Å²) in [6.45, 7) is 2.98. The molecule has 136 valence electrons. The van der Waals surface area contributed by atoms with Gasteiger partial charge in [-0.05, 0) is 55.0 Å². The Kier molecular flexibility index (Phi) is 4.63. The van der Waals surface area contributed by atoms with E-state index in [2.05, 4.69) is 17.2 Å². The van der Waals surface area contributed by atoms with E-state index >= 15 is 0 Å². The largest absolute Gasteiger partial charge is 0.497 e. The van der Waals surface area contributed by atoms with Gasteiger partial charge in [-0.3, -0.25) is 4.79 Å². The molecular formula is C19H21N3O3S. The lowest BCUT2D eigenvalue weighted by Gasteiger charge is -2.17. The van der Waals surface area contributed by atoms with Gasteiger partial charge in [0.1, 0.15) is 18.1 Å². The minimum Gasteiger partial charge on any atom is -0.497 e. The van der Waals surface area contributed by atoms with Gasteiger partial charge < -0.3 is 9.47 Å². The highest BCUT2D eigenvalue weighted by Crippen LogP contribution is 2.35. The number of benzene rings is 1. The maximum Gasteiger partial charge on any atom is 0.278 e. The van der Waals surface area contributed by atoms with Gasteiger partial charge in [-0.25, -0.2) is 4.68 Å². The number of hydrogen-bond acceptors (Lipinski definition) is 6. The fourth-order valence-corrected chi connectivity index (χ4v) is 4.68. The maximum atomic E-state index is 12.9. The molecule has 3 aromatic rings. The highest BCUT2D eigenvalue weighted by atomic mass is 32.1. The second kappa shape index (κ2) is 7.07. The molecule has 0 spiro atoms. The van der Waals surface area contributed by atoms with Gasteiger partial charge in [0.15, 0.2) is 4.83 Å². The Hall–Kier alpha value is -2.41. The molecule has 2 aromatic heterocycles. The molecule has 1 aromatic carbocycles. The van der Waals surface area contributed by atoms with Crippen molar-refractivity contribution < 1.29 is 9.47 Å². The van der Waals surface area contributed by atoms with Crippen LogP contribution in [0.4, 0.5) is 0 Å². The number of nitrogens with zero attached hydrogens (tertiary/aromatic N) is 3. The summed E-state index contributed by atoms with van der Waals surface area (Å²) in [7, 11) is 1.63. The molecule has 0 saturated carbocycles. The first-order chi connectivity index (χ1) is 12.7. The van der Waals surface area contributed by atoms with E-state index in [0.29, 0.717) is 19.1 Å². The summed E-state index contributed by atoms with van der Waals surface area (Å²) in [6, 6.07) is 7.36. The number of ether oxygens (including phenoxy) is 2. The van der Waals surface area contributed by atoms with Gasteiger partial charge >= 0.3 is 0 Å². The molecule has 1 unspecified atom stereocenters. The van der Waals surface area contributed by atoms with Crippen molar-refractivity contribution in [2.45, 2.75) is 32.7 Å². The van der Waals surface area contributed by atoms with Gasteiger partial charge in [0.2, 0.25) is 0 Å². The number of hydrogen-bond donors (Lipinski definition) is 0. The maximum absolute atomic E-state index is 12.9. The first-order valence-electron chi connectivity index (χ1n) is 8.80. The summed E-state index contributed by atoms with van der Waals surface area (Å²) < 4.78 is 12.2. The van der Waals surface area contributed by atoms with Crippen LogP contribution in [0.3, 0.4) is 0 Å². The Morgan fingerprint density at radius 2 is 2.04 bits per heavy atom. The first-order valence-corrected chi connectivity index (χ1v) is 9.62. The van der Waals surface area contributed by atoms with E-state index in [9.17, 15) is 4.79 Å². The third-order valence-corrected chi connectivity index (χ3v) is 5.95. The minimum absolute atomic E-state index is 0.0552. The van der Waals surface area contributed by atoms with E-state index in [-0.39, 0.29) is 5.56 Å². The van der Waals surface area contributed by atoms with Crippen LogP contribution in [0.1, 0.15) is 23.8 Å². The number of rotatable bonds is 5. The number of methoxy groups -OCH3 is 1. The highest BCUT2D eigenvalue weighted by Gasteiger charge is 2.23. The van der Waals surface area contributed by atoms with Gasteiger partial charge in [-0.15, -0.1) is 16.4 Å². The van der Waals surface area contributed by atoms with Crippen molar-refractivity contribution in [1.82, 2.24) is 15.0 Å². The van der Waals surface area contributed by atoms with Crippen LogP contribution in [0.15, 0.2) is 29.1 Å². The summed E-state index contributed by atoms with van der Waals surface area (Å²) in [5.41, 5.74) is 1.13. The topological polar surface area (TPSA) is 66.2 Å². The summed E-state index contributed by atoms with van der Waals surface area (Å²) >= 11 is 1.62. The van der Waals surface area contributed by atoms with Gasteiger partial charge in [0.05, 0.1) is 19.0 Å². The zero-order valence-electron chi connectivity index (χ0n) is 14.9. The van der Waals surface area contributed by atoms with E-state index in [1.165, 1.54) is 15.1 Å². The Labute approximate surface area is 155 Å². The molecule has 1 aliphatic carbocycles. The average molecular weight is 371 g/mol. The van der Waals surface area contributed by atoms with Crippen LogP contribution in [0.5, 0.6) is 11.5 Å². The van der Waals surface area contributed by atoms with Crippen molar-refractivity contribution in [3.63, 3.8) is 0 Å². The second-order valence-electron chi connectivity index (χ2n) is 6.67. The number of aryl methyl sites for hydroxylation is 1. The van der Waals surface area contributed by atoms with Crippen LogP contribution in [-0.2, 0) is 19.4 Å². The molecule has 0 amide bonds. The predicted octanol–water partition coefficient (Wildman–Crippen LogP) is 3.07. The SMILES string of the molecule is COc1ccc(OCCn2nnc3sc4c(c3c2=O)CCC(C)C4)cc1. The van der Waals surface area contributed by atoms with E-state index in [0.717, 1.165) is 41.0 Å². The Morgan fingerprint density at radius 3 is 2.81 bits per heavy atom. The first kappa shape index (κ1) is 17.0. The molecule has 1 aliphatic rings. The van der Waals surface area contributed by atoms with Gasteiger partial charge in [0.25, 0.3) is 5.56 Å². The fourth-order valence-electron chi connectivity index (χ4n) is 3.36. The average Bonchev–Trinajstić information content (AvgIpc) is 3.02. The third-order valence-electron chi connectivity index (χ3n) is 4.82. The van der Waals surface area contributed by atoms with E-state index in [4.69, 9.17) is 9.47 Å². The van der Waals surface area contributed by atoms with E-state index in [1.54, 1.807) is 18.4 Å². The number of aromatic nitrogens is 3. The zero-order chi connectivity index (χ0) is 18.1. The van der Waals surface area contributed by atoms with Gasteiger partial charge in [0, 0.05) is 4.88 Å². The molecule has 7 heteroatoms. The van der Waals surface area contributed by atoms with Crippen molar-refractivity contribution in [3.05, 3.63) is 45.1 Å². The molecule has 6 nitrogen and oxygen atoms in total. The van der Waals surface area contributed by atoms with Crippen LogP contribution in [0, 0.1) is 5.92 Å². The minimum atomic E-state index is -0.0552. The molecule has 0 radical (unpaired) electrons. The van der Waals surface area contributed by atoms with Crippen LogP contribution in [0.25, 0.3) is 10.2 Å². The smallest absolute Gasteiger partial charge is 0.278 e. The molecule has 26 heavy (non-hydrogen) atoms. The summed E-state index contributed by atoms with van der Waals surface area (Å²) in [5.74, 6) is 2.18. The summed E-state index contributed by atoms with van der Waals surface area (Å²) in [5, 5.41) is 9.13. The van der Waals surface area contributed by atoms with Gasteiger partial charge in [-0.2, -0.15) is 0 Å². The van der Waals surface area contributed by atoms with Crippen molar-refractivity contribution in [3.8, 4) is 11.5 Å². The highest BCUT2D eigenvalue weighted by molar-refractivity contribution is 7.18. The van der Waals surface area contributed by atoms with Gasteiger partial charge in [-0.1, -0.05) is 12.1 Å². The lowest BCUT2D eigenvalue weighted by atomic mass is 9.89. The number of fused-ring (bicyclic) bond motifs is 3. The molecular weight excluding hydrogens is 350 g/mol. The van der Waals surface area contributed by atoms with Crippen molar-refractivity contribution in [2.75, 3.05) is 13.7 Å². The third kappa shape index (κ3) is 3.19. The Bertz CT molecular complexity index is 978. The Balaban J connectivity index is 1.51. The molecule has 0 aliphatic heterocycles. The Morgan fingerprint density at radius 1 is 1.27 bits per heavy atom. The fraction of sp³-hybridized carbons (Fsp3) is 0.421. The lowest BCUT2D eigenvalue weighted by Crippen LogP contribution is -2.27. The van der Waals surface area contributed by atoms with E-state index < -0.39 is 0 Å². The van der Waals surface area contributed by atoms with Crippen molar-refractivity contribution in [2.24, 2.45) is 5.92 Å². The van der Waals surface area contributed by atoms with Crippen LogP contribution in [0.2, 0.25) is 0 Å². The van der Waals surface area contributed by atoms with E-state index in [1.807, 2.05) is 24.3 Å². The van der Waals surface area contributed by atoms with Crippen LogP contribution in [-0.4, -0.2) is 28.7 Å². The summed E-state index contributed by atoms with van der Waals surface area (Å²) in [4.78, 5) is 14.9. The van der Waals surface area contributed by atoms with Crippen LogP contribution < -0.4 is 15.0 Å². The standard InChI is InChI=1S/C19H21N3O3S/c1-12-3-8-15-16(11-12)26-18-17(15)19(23)22(21-20-18)9-10-25-14-6-4-13(24-2)5-7-14/h4-7,12H,3,8-11H2,1-2H3. The van der Waals surface area contributed by atoms with Crippen molar-refractivity contribution in [1.29, 1.82) is 0 Å². The second-order valence-corrected chi connectivity index (χ2v) is 7.76. The van der Waals surface area contributed by atoms with Crippen LogP contribution >= 0.6 is 11.3 Å². The molecule has 0 bridgehead atoms. The molecule has 0 N–H and O–H groups in total. The zero-order valence-corrected chi connectivity index (χ0v) is 15.7. The van der Waals surface area contributed by atoms with Crippen molar-refractivity contribution >= 4 is 21.6 Å². The predicted molar refractivity (Wildman–Crippen MR) is 101 cm³/mol.